The molecule has 1 atom stereocenters. The van der Waals surface area contributed by atoms with Crippen molar-refractivity contribution in [2.75, 3.05) is 19.5 Å². The zero-order valence-electron chi connectivity index (χ0n) is 18.6. The Morgan fingerprint density at radius 1 is 1.15 bits per heavy atom. The number of aliphatic hydroxyl groups is 1. The Balaban J connectivity index is 1.95. The summed E-state index contributed by atoms with van der Waals surface area (Å²) < 4.78 is 9.26. The van der Waals surface area contributed by atoms with Crippen molar-refractivity contribution in [2.45, 2.75) is 31.7 Å². The molecule has 1 heterocycles. The van der Waals surface area contributed by atoms with Crippen LogP contribution < -0.4 is 21.7 Å². The first-order chi connectivity index (χ1) is 16.1. The average molecular weight is 474 g/mol. The molecule has 182 valence electrons. The number of ether oxygens (including phenoxy) is 2. The molecule has 0 unspecified atom stereocenters. The molecular weight excluding hydrogens is 448 g/mol. The number of carbonyl (C=O) groups excluding carboxylic acids is 4. The summed E-state index contributed by atoms with van der Waals surface area (Å²) in [4.78, 5) is 51.6. The van der Waals surface area contributed by atoms with Gasteiger partial charge in [0.25, 0.3) is 5.91 Å². The molecule has 0 spiro atoms. The monoisotopic (exact) mass is 474 g/mol. The van der Waals surface area contributed by atoms with Crippen molar-refractivity contribution >= 4 is 41.2 Å². The van der Waals surface area contributed by atoms with Crippen LogP contribution in [0.15, 0.2) is 40.7 Å². The van der Waals surface area contributed by atoms with Gasteiger partial charge in [0.15, 0.2) is 5.84 Å². The van der Waals surface area contributed by atoms with Crippen molar-refractivity contribution in [3.8, 4) is 0 Å². The number of nitrogens with two attached hydrogens (primary N) is 1. The number of methoxy groups -OCH3 is 2. The molecule has 0 saturated heterocycles. The highest BCUT2D eigenvalue weighted by atomic mass is 16.5. The Kier molecular flexibility index (Phi) is 9.11. The van der Waals surface area contributed by atoms with Crippen LogP contribution in [0.25, 0.3) is 0 Å². The Bertz CT molecular complexity index is 1030. The van der Waals surface area contributed by atoms with E-state index in [4.69, 9.17) is 15.9 Å². The number of amidine groups is 2. The fraction of sp³-hybridized carbons (Fsp3) is 0.333. The third-order valence-corrected chi connectivity index (χ3v) is 4.67. The number of urea groups is 1. The summed E-state index contributed by atoms with van der Waals surface area (Å²) in [6.45, 7) is 0. The standard InChI is InChI=1S/C21H26N6O7/c1-33-16(29)5-3-4-13(20(31)34-2)25-19(30)11-6-8-12(9-7-11)24-21(32)27-17-14(28)10-15(22)26-18(17)23/h6-9,13,28H,3-5,10H2,1-2H3,(H,25,30)(H3,22,23,26)(H2,24,27,32)/t13-/m0/s1. The molecule has 0 fully saturated rings. The van der Waals surface area contributed by atoms with E-state index in [9.17, 15) is 24.3 Å². The maximum Gasteiger partial charge on any atom is 0.328 e. The van der Waals surface area contributed by atoms with Crippen LogP contribution in [0.3, 0.4) is 0 Å². The predicted octanol–water partition coefficient (Wildman–Crippen LogP) is 0.931. The van der Waals surface area contributed by atoms with Gasteiger partial charge in [0.05, 0.1) is 20.6 Å². The van der Waals surface area contributed by atoms with Crippen LogP contribution in [0.2, 0.25) is 0 Å². The third kappa shape index (κ3) is 7.32. The first kappa shape index (κ1) is 25.8. The largest absolute Gasteiger partial charge is 0.510 e. The number of nitrogens with one attached hydrogen (secondary N) is 4. The van der Waals surface area contributed by atoms with E-state index in [2.05, 4.69) is 25.7 Å². The van der Waals surface area contributed by atoms with Crippen molar-refractivity contribution < 1.29 is 33.8 Å². The van der Waals surface area contributed by atoms with Crippen LogP contribution in [0.4, 0.5) is 10.5 Å². The molecule has 1 aliphatic heterocycles. The Labute approximate surface area is 194 Å². The lowest BCUT2D eigenvalue weighted by molar-refractivity contribution is -0.144. The van der Waals surface area contributed by atoms with E-state index in [-0.39, 0.29) is 48.0 Å². The third-order valence-electron chi connectivity index (χ3n) is 4.67. The van der Waals surface area contributed by atoms with E-state index in [1.807, 2.05) is 0 Å². The van der Waals surface area contributed by atoms with Crippen LogP contribution in [0.5, 0.6) is 0 Å². The van der Waals surface area contributed by atoms with Crippen molar-refractivity contribution in [1.82, 2.24) is 10.6 Å². The van der Waals surface area contributed by atoms with E-state index in [0.717, 1.165) is 0 Å². The van der Waals surface area contributed by atoms with Crippen molar-refractivity contribution in [1.29, 1.82) is 5.41 Å². The van der Waals surface area contributed by atoms with E-state index in [1.165, 1.54) is 38.5 Å². The highest BCUT2D eigenvalue weighted by Gasteiger charge is 2.23. The smallest absolute Gasteiger partial charge is 0.328 e. The first-order valence-electron chi connectivity index (χ1n) is 10.1. The second kappa shape index (κ2) is 12.0. The Morgan fingerprint density at radius 3 is 2.41 bits per heavy atom. The molecule has 0 bridgehead atoms. The number of aliphatic imine (C=N–C) groups is 1. The number of carbonyl (C=O) groups is 4. The van der Waals surface area contributed by atoms with E-state index in [1.54, 1.807) is 0 Å². The zero-order valence-corrected chi connectivity index (χ0v) is 18.6. The van der Waals surface area contributed by atoms with E-state index in [0.29, 0.717) is 12.1 Å². The number of nitrogens with zero attached hydrogens (tertiary/aromatic N) is 1. The van der Waals surface area contributed by atoms with Crippen LogP contribution in [0, 0.1) is 5.41 Å². The van der Waals surface area contributed by atoms with Gasteiger partial charge in [0, 0.05) is 17.7 Å². The van der Waals surface area contributed by atoms with Gasteiger partial charge in [-0.1, -0.05) is 0 Å². The summed E-state index contributed by atoms with van der Waals surface area (Å²) in [6, 6.07) is 4.07. The number of rotatable bonds is 9. The molecule has 3 amide bonds. The minimum absolute atomic E-state index is 0.0558. The van der Waals surface area contributed by atoms with Gasteiger partial charge in [0.1, 0.15) is 23.3 Å². The summed E-state index contributed by atoms with van der Waals surface area (Å²) in [5.74, 6) is -2.23. The SMILES string of the molecule is COC(=O)CCC[C@H](NC(=O)c1ccc(NC(=O)NC2=C(O)CC(N)=NC2=N)cc1)C(=O)OC. The first-order valence-corrected chi connectivity index (χ1v) is 10.1. The molecule has 1 aromatic carbocycles. The van der Waals surface area contributed by atoms with Gasteiger partial charge >= 0.3 is 18.0 Å². The van der Waals surface area contributed by atoms with Gasteiger partial charge in [-0.15, -0.1) is 0 Å². The second-order valence-electron chi connectivity index (χ2n) is 7.12. The topological polar surface area (TPSA) is 205 Å². The lowest BCUT2D eigenvalue weighted by Crippen LogP contribution is -2.41. The van der Waals surface area contributed by atoms with Gasteiger partial charge in [0.2, 0.25) is 0 Å². The molecule has 13 nitrogen and oxygen atoms in total. The molecule has 7 N–H and O–H groups in total. The molecule has 1 aromatic rings. The minimum Gasteiger partial charge on any atom is -0.510 e. The maximum absolute atomic E-state index is 12.5. The van der Waals surface area contributed by atoms with E-state index < -0.39 is 29.9 Å². The van der Waals surface area contributed by atoms with Crippen LogP contribution in [-0.4, -0.2) is 60.9 Å². The summed E-state index contributed by atoms with van der Waals surface area (Å²) in [6.07, 6.45) is 0.500. The molecule has 1 aliphatic rings. The van der Waals surface area contributed by atoms with Crippen LogP contribution in [-0.2, 0) is 19.1 Å². The quantitative estimate of drug-likeness (QED) is 0.283. The molecule has 0 radical (unpaired) electrons. The average Bonchev–Trinajstić information content (AvgIpc) is 2.80. The van der Waals surface area contributed by atoms with Gasteiger partial charge in [-0.25, -0.2) is 14.6 Å². The number of benzene rings is 1. The van der Waals surface area contributed by atoms with Gasteiger partial charge in [-0.2, -0.15) is 0 Å². The summed E-state index contributed by atoms with van der Waals surface area (Å²) in [5, 5.41) is 25.0. The molecule has 34 heavy (non-hydrogen) atoms. The number of hydrogen-bond donors (Lipinski definition) is 6. The molecular formula is C21H26N6O7. The summed E-state index contributed by atoms with van der Waals surface area (Å²) >= 11 is 0. The molecule has 2 rings (SSSR count). The Hall–Kier alpha value is -4.42. The fourth-order valence-electron chi connectivity index (χ4n) is 2.93. The number of hydrogen-bond acceptors (Lipinski definition) is 9. The number of dihydropyridines is 1. The van der Waals surface area contributed by atoms with E-state index >= 15 is 0 Å². The normalized spacial score (nSPS) is 13.9. The van der Waals surface area contributed by atoms with Crippen molar-refractivity contribution in [3.63, 3.8) is 0 Å². The lowest BCUT2D eigenvalue weighted by Gasteiger charge is -2.17. The number of aliphatic hydroxyl groups excluding tert-OH is 1. The molecule has 0 aliphatic carbocycles. The maximum atomic E-state index is 12.5. The van der Waals surface area contributed by atoms with Crippen LogP contribution in [0.1, 0.15) is 36.0 Å². The zero-order chi connectivity index (χ0) is 25.3. The van der Waals surface area contributed by atoms with Crippen LogP contribution >= 0.6 is 0 Å². The Morgan fingerprint density at radius 2 is 1.82 bits per heavy atom. The summed E-state index contributed by atoms with van der Waals surface area (Å²) in [5.41, 5.74) is 5.85. The van der Waals surface area contributed by atoms with Crippen molar-refractivity contribution in [2.24, 2.45) is 10.7 Å². The molecule has 0 saturated carbocycles. The van der Waals surface area contributed by atoms with Crippen molar-refractivity contribution in [3.05, 3.63) is 41.3 Å². The fourth-order valence-corrected chi connectivity index (χ4v) is 2.93. The highest BCUT2D eigenvalue weighted by Crippen LogP contribution is 2.14. The second-order valence-corrected chi connectivity index (χ2v) is 7.12. The number of amides is 3. The predicted molar refractivity (Wildman–Crippen MR) is 121 cm³/mol. The molecule has 13 heteroatoms. The highest BCUT2D eigenvalue weighted by molar-refractivity contribution is 6.10. The minimum atomic E-state index is -0.950. The molecule has 0 aromatic heterocycles. The summed E-state index contributed by atoms with van der Waals surface area (Å²) in [7, 11) is 2.45. The number of anilines is 1. The van der Waals surface area contributed by atoms with Gasteiger partial charge in [-0.3, -0.25) is 15.0 Å². The van der Waals surface area contributed by atoms with Gasteiger partial charge < -0.3 is 36.3 Å². The lowest BCUT2D eigenvalue weighted by atomic mass is 10.1. The number of esters is 2. The van der Waals surface area contributed by atoms with Gasteiger partial charge in [-0.05, 0) is 37.1 Å².